The zero-order chi connectivity index (χ0) is 13.9. The third-order valence-corrected chi connectivity index (χ3v) is 4.36. The van der Waals surface area contributed by atoms with Crippen LogP contribution in [0, 0.1) is 0 Å². The van der Waals surface area contributed by atoms with E-state index in [1.165, 1.54) is 10.5 Å². The molecule has 0 saturated heterocycles. The second-order valence-corrected chi connectivity index (χ2v) is 5.71. The monoisotopic (exact) mass is 284 g/mol. The molecule has 1 heterocycles. The minimum atomic E-state index is 0.294. The van der Waals surface area contributed by atoms with Crippen molar-refractivity contribution in [3.05, 3.63) is 54.2 Å². The molecule has 0 radical (unpaired) electrons. The molecule has 4 heteroatoms. The van der Waals surface area contributed by atoms with Crippen LogP contribution in [-0.2, 0) is 6.54 Å². The Kier molecular flexibility index (Phi) is 3.67. The number of fused-ring (bicyclic) bond motifs is 1. The maximum Gasteiger partial charge on any atom is 0.116 e. The van der Waals surface area contributed by atoms with E-state index in [-0.39, 0.29) is 0 Å². The van der Waals surface area contributed by atoms with Crippen LogP contribution < -0.4 is 5.32 Å². The summed E-state index contributed by atoms with van der Waals surface area (Å²) in [5.74, 6) is 0.294. The fourth-order valence-corrected chi connectivity index (χ4v) is 3.28. The number of nitrogens with one attached hydrogen (secondary N) is 2. The van der Waals surface area contributed by atoms with Crippen molar-refractivity contribution in [1.29, 1.82) is 0 Å². The molecule has 0 spiro atoms. The normalized spacial score (nSPS) is 11.1. The van der Waals surface area contributed by atoms with Crippen molar-refractivity contribution in [1.82, 2.24) is 10.3 Å². The van der Waals surface area contributed by atoms with Gasteiger partial charge in [0.05, 0.1) is 0 Å². The first-order chi connectivity index (χ1) is 9.78. The third-order valence-electron chi connectivity index (χ3n) is 3.19. The largest absolute Gasteiger partial charge is 0.508 e. The summed E-state index contributed by atoms with van der Waals surface area (Å²) in [6.45, 7) is 0.844. The van der Waals surface area contributed by atoms with E-state index >= 15 is 0 Å². The summed E-state index contributed by atoms with van der Waals surface area (Å²) in [6, 6.07) is 13.8. The second-order valence-electron chi connectivity index (χ2n) is 4.62. The highest BCUT2D eigenvalue weighted by molar-refractivity contribution is 7.99. The van der Waals surface area contributed by atoms with Crippen molar-refractivity contribution in [3.8, 4) is 5.75 Å². The van der Waals surface area contributed by atoms with Gasteiger partial charge in [0, 0.05) is 33.4 Å². The fraction of sp³-hybridized carbons (Fsp3) is 0.125. The van der Waals surface area contributed by atoms with Gasteiger partial charge in [-0.2, -0.15) is 0 Å². The van der Waals surface area contributed by atoms with Crippen LogP contribution in [0.2, 0.25) is 0 Å². The molecule has 0 atom stereocenters. The van der Waals surface area contributed by atoms with Crippen LogP contribution >= 0.6 is 11.8 Å². The Hall–Kier alpha value is -1.91. The molecule has 20 heavy (non-hydrogen) atoms. The number of H-pyrrole nitrogens is 1. The van der Waals surface area contributed by atoms with Gasteiger partial charge >= 0.3 is 0 Å². The Morgan fingerprint density at radius 1 is 1.15 bits per heavy atom. The van der Waals surface area contributed by atoms with Crippen LogP contribution in [0.25, 0.3) is 10.9 Å². The molecule has 0 amide bonds. The highest BCUT2D eigenvalue weighted by Gasteiger charge is 2.08. The Morgan fingerprint density at radius 3 is 2.85 bits per heavy atom. The SMILES string of the molecule is CNCc1ccccc1Sc1c[nH]c2ccc(O)cc12. The molecule has 0 saturated carbocycles. The Balaban J connectivity index is 1.99. The average Bonchev–Trinajstić information content (AvgIpc) is 2.84. The average molecular weight is 284 g/mol. The summed E-state index contributed by atoms with van der Waals surface area (Å²) in [5, 5.41) is 13.9. The minimum Gasteiger partial charge on any atom is -0.508 e. The zero-order valence-electron chi connectivity index (χ0n) is 11.2. The highest BCUT2D eigenvalue weighted by atomic mass is 32.2. The van der Waals surface area contributed by atoms with Gasteiger partial charge in [-0.25, -0.2) is 0 Å². The van der Waals surface area contributed by atoms with Crippen LogP contribution in [0.3, 0.4) is 0 Å². The van der Waals surface area contributed by atoms with Gasteiger partial charge in [0.15, 0.2) is 0 Å². The molecule has 3 rings (SSSR count). The van der Waals surface area contributed by atoms with Gasteiger partial charge in [-0.15, -0.1) is 0 Å². The predicted molar refractivity (Wildman–Crippen MR) is 83.3 cm³/mol. The lowest BCUT2D eigenvalue weighted by molar-refractivity contribution is 0.476. The lowest BCUT2D eigenvalue weighted by Crippen LogP contribution is -2.05. The molecule has 0 aliphatic heterocycles. The van der Waals surface area contributed by atoms with Gasteiger partial charge in [0.25, 0.3) is 0 Å². The van der Waals surface area contributed by atoms with E-state index in [0.29, 0.717) is 5.75 Å². The molecule has 3 N–H and O–H groups in total. The van der Waals surface area contributed by atoms with Crippen molar-refractivity contribution < 1.29 is 5.11 Å². The van der Waals surface area contributed by atoms with E-state index in [2.05, 4.69) is 28.5 Å². The van der Waals surface area contributed by atoms with Gasteiger partial charge in [-0.1, -0.05) is 30.0 Å². The number of benzene rings is 2. The zero-order valence-corrected chi connectivity index (χ0v) is 12.0. The summed E-state index contributed by atoms with van der Waals surface area (Å²) < 4.78 is 0. The second kappa shape index (κ2) is 5.61. The van der Waals surface area contributed by atoms with E-state index < -0.39 is 0 Å². The van der Waals surface area contributed by atoms with Crippen LogP contribution in [-0.4, -0.2) is 17.1 Å². The van der Waals surface area contributed by atoms with Crippen LogP contribution in [0.15, 0.2) is 58.5 Å². The van der Waals surface area contributed by atoms with Crippen molar-refractivity contribution in [2.24, 2.45) is 0 Å². The van der Waals surface area contributed by atoms with Crippen molar-refractivity contribution in [2.45, 2.75) is 16.3 Å². The summed E-state index contributed by atoms with van der Waals surface area (Å²) in [5.41, 5.74) is 2.31. The molecular weight excluding hydrogens is 268 g/mol. The number of hydrogen-bond acceptors (Lipinski definition) is 3. The first-order valence-electron chi connectivity index (χ1n) is 6.48. The molecule has 0 aliphatic rings. The lowest BCUT2D eigenvalue weighted by atomic mass is 10.2. The molecular formula is C16H16N2OS. The molecule has 3 aromatic rings. The Bertz CT molecular complexity index is 736. The molecule has 1 aromatic heterocycles. The number of phenolic OH excluding ortho intramolecular Hbond substituents is 1. The molecule has 102 valence electrons. The lowest BCUT2D eigenvalue weighted by Gasteiger charge is -2.08. The van der Waals surface area contributed by atoms with Crippen molar-refractivity contribution in [2.75, 3.05) is 7.05 Å². The highest BCUT2D eigenvalue weighted by Crippen LogP contribution is 2.36. The number of rotatable bonds is 4. The van der Waals surface area contributed by atoms with E-state index in [0.717, 1.165) is 22.3 Å². The molecule has 0 unspecified atom stereocenters. The van der Waals surface area contributed by atoms with E-state index in [4.69, 9.17) is 0 Å². The summed E-state index contributed by atoms with van der Waals surface area (Å²) in [4.78, 5) is 5.59. The molecule has 2 aromatic carbocycles. The molecule has 0 bridgehead atoms. The van der Waals surface area contributed by atoms with Crippen molar-refractivity contribution in [3.63, 3.8) is 0 Å². The number of phenols is 1. The van der Waals surface area contributed by atoms with Crippen LogP contribution in [0.5, 0.6) is 5.75 Å². The van der Waals surface area contributed by atoms with Crippen LogP contribution in [0.4, 0.5) is 0 Å². The first kappa shape index (κ1) is 13.1. The number of aromatic amines is 1. The topological polar surface area (TPSA) is 48.0 Å². The Labute approximate surface area is 122 Å². The quantitative estimate of drug-likeness (QED) is 0.684. The number of aromatic nitrogens is 1. The third kappa shape index (κ3) is 2.53. The van der Waals surface area contributed by atoms with Crippen LogP contribution in [0.1, 0.15) is 5.56 Å². The van der Waals surface area contributed by atoms with Gasteiger partial charge in [-0.05, 0) is 36.9 Å². The smallest absolute Gasteiger partial charge is 0.116 e. The standard InChI is InChI=1S/C16H16N2OS/c1-17-9-11-4-2-3-5-15(11)20-16-10-18-14-7-6-12(19)8-13(14)16/h2-8,10,17-19H,9H2,1H3. The van der Waals surface area contributed by atoms with Gasteiger partial charge in [0.1, 0.15) is 5.75 Å². The maximum absolute atomic E-state index is 9.64. The van der Waals surface area contributed by atoms with Gasteiger partial charge in [-0.3, -0.25) is 0 Å². The molecule has 0 fully saturated rings. The van der Waals surface area contributed by atoms with Gasteiger partial charge in [0.2, 0.25) is 0 Å². The number of aromatic hydroxyl groups is 1. The summed E-state index contributed by atoms with van der Waals surface area (Å²) in [6.07, 6.45) is 1.99. The minimum absolute atomic E-state index is 0.294. The maximum atomic E-state index is 9.64. The fourth-order valence-electron chi connectivity index (χ4n) is 2.23. The summed E-state index contributed by atoms with van der Waals surface area (Å²) in [7, 11) is 1.95. The van der Waals surface area contributed by atoms with Crippen molar-refractivity contribution >= 4 is 22.7 Å². The van der Waals surface area contributed by atoms with Gasteiger partial charge < -0.3 is 15.4 Å². The summed E-state index contributed by atoms with van der Waals surface area (Å²) >= 11 is 1.72. The predicted octanol–water partition coefficient (Wildman–Crippen LogP) is 3.74. The Morgan fingerprint density at radius 2 is 2.00 bits per heavy atom. The van der Waals surface area contributed by atoms with E-state index in [9.17, 15) is 5.11 Å². The number of hydrogen-bond donors (Lipinski definition) is 3. The van der Waals surface area contributed by atoms with E-state index in [1.54, 1.807) is 23.9 Å². The van der Waals surface area contributed by atoms with E-state index in [1.807, 2.05) is 25.4 Å². The molecule has 0 aliphatic carbocycles. The first-order valence-corrected chi connectivity index (χ1v) is 7.30. The molecule has 3 nitrogen and oxygen atoms in total.